The lowest BCUT2D eigenvalue weighted by Gasteiger charge is -2.01. The zero-order chi connectivity index (χ0) is 9.84. The van der Waals surface area contributed by atoms with Crippen LogP contribution in [0.4, 0.5) is 0 Å². The third-order valence-corrected chi connectivity index (χ3v) is 1.43. The van der Waals surface area contributed by atoms with Crippen molar-refractivity contribution in [2.24, 2.45) is 0 Å². The molecule has 0 spiro atoms. The summed E-state index contributed by atoms with van der Waals surface area (Å²) in [4.78, 5) is 14.0. The summed E-state index contributed by atoms with van der Waals surface area (Å²) >= 11 is 0. The maximum Gasteiger partial charge on any atom is 0.354 e. The third kappa shape index (κ3) is 2.34. The lowest BCUT2D eigenvalue weighted by atomic mass is 10.2. The summed E-state index contributed by atoms with van der Waals surface area (Å²) in [5.41, 5.74) is 0.0725. The highest BCUT2D eigenvalue weighted by Crippen LogP contribution is 2.16. The van der Waals surface area contributed by atoms with Crippen LogP contribution in [0.1, 0.15) is 16.1 Å². The van der Waals surface area contributed by atoms with Gasteiger partial charge < -0.3 is 9.84 Å². The van der Waals surface area contributed by atoms with E-state index in [0.29, 0.717) is 0 Å². The number of pyridine rings is 1. The molecule has 0 unspecified atom stereocenters. The Bertz CT molecular complexity index is 387. The van der Waals surface area contributed by atoms with Crippen LogP contribution in [0.2, 0.25) is 0 Å². The number of rotatable bonds is 2. The van der Waals surface area contributed by atoms with Crippen LogP contribution >= 0.6 is 12.4 Å². The summed E-state index contributed by atoms with van der Waals surface area (Å²) in [6, 6.07) is 3.04. The SMILES string of the molecule is COc1cc(C(=O)O)ncc1C#N.Cl. The molecule has 0 amide bonds. The first-order valence-corrected chi connectivity index (χ1v) is 3.36. The molecule has 0 aromatic carbocycles. The summed E-state index contributed by atoms with van der Waals surface area (Å²) in [5.74, 6) is -0.933. The molecular formula is C8H7ClN2O3. The number of hydrogen-bond acceptors (Lipinski definition) is 4. The van der Waals surface area contributed by atoms with E-state index in [1.807, 2.05) is 6.07 Å². The minimum absolute atomic E-state index is 0. The van der Waals surface area contributed by atoms with Crippen molar-refractivity contribution >= 4 is 18.4 Å². The van der Waals surface area contributed by atoms with Crippen LogP contribution in [0, 0.1) is 11.3 Å². The molecule has 14 heavy (non-hydrogen) atoms. The fraction of sp³-hybridized carbons (Fsp3) is 0.125. The average Bonchev–Trinajstić information content (AvgIpc) is 2.16. The number of hydrogen-bond donors (Lipinski definition) is 1. The second-order valence-electron chi connectivity index (χ2n) is 2.19. The van der Waals surface area contributed by atoms with Crippen molar-refractivity contribution in [3.63, 3.8) is 0 Å². The Labute approximate surface area is 86.4 Å². The van der Waals surface area contributed by atoms with Crippen molar-refractivity contribution in [3.05, 3.63) is 23.5 Å². The van der Waals surface area contributed by atoms with Crippen molar-refractivity contribution < 1.29 is 14.6 Å². The molecule has 0 aliphatic heterocycles. The molecule has 74 valence electrons. The number of methoxy groups -OCH3 is 1. The van der Waals surface area contributed by atoms with Gasteiger partial charge in [-0.3, -0.25) is 0 Å². The van der Waals surface area contributed by atoms with Gasteiger partial charge in [0.15, 0.2) is 5.69 Å². The summed E-state index contributed by atoms with van der Waals surface area (Å²) in [7, 11) is 1.36. The Balaban J connectivity index is 0.00000169. The number of nitriles is 1. The summed E-state index contributed by atoms with van der Waals surface area (Å²) in [6.07, 6.45) is 1.17. The van der Waals surface area contributed by atoms with Gasteiger partial charge in [-0.15, -0.1) is 12.4 Å². The molecule has 5 nitrogen and oxygen atoms in total. The minimum atomic E-state index is -1.15. The first kappa shape index (κ1) is 12.2. The Morgan fingerprint density at radius 3 is 2.79 bits per heavy atom. The molecule has 0 radical (unpaired) electrons. The van der Waals surface area contributed by atoms with E-state index < -0.39 is 5.97 Å². The van der Waals surface area contributed by atoms with Gasteiger partial charge in [-0.05, 0) is 0 Å². The molecule has 1 heterocycles. The van der Waals surface area contributed by atoms with Crippen LogP contribution in [0.25, 0.3) is 0 Å². The predicted molar refractivity (Wildman–Crippen MR) is 49.7 cm³/mol. The lowest BCUT2D eigenvalue weighted by molar-refractivity contribution is 0.0690. The molecule has 0 saturated carbocycles. The van der Waals surface area contributed by atoms with Crippen LogP contribution in [0.3, 0.4) is 0 Å². The smallest absolute Gasteiger partial charge is 0.354 e. The molecule has 1 rings (SSSR count). The second-order valence-corrected chi connectivity index (χ2v) is 2.19. The van der Waals surface area contributed by atoms with Crippen molar-refractivity contribution in [2.75, 3.05) is 7.11 Å². The van der Waals surface area contributed by atoms with E-state index in [0.717, 1.165) is 0 Å². The van der Waals surface area contributed by atoms with Gasteiger partial charge in [-0.25, -0.2) is 9.78 Å². The van der Waals surface area contributed by atoms with E-state index in [9.17, 15) is 4.79 Å². The zero-order valence-corrected chi connectivity index (χ0v) is 8.04. The van der Waals surface area contributed by atoms with Crippen LogP contribution in [0.5, 0.6) is 5.75 Å². The topological polar surface area (TPSA) is 83.2 Å². The molecule has 0 fully saturated rings. The standard InChI is InChI=1S/C8H6N2O3.ClH/c1-13-7-2-6(8(11)12)10-4-5(7)3-9;/h2,4H,1H3,(H,11,12);1H. The van der Waals surface area contributed by atoms with Crippen molar-refractivity contribution in [1.29, 1.82) is 5.26 Å². The normalized spacial score (nSPS) is 8.29. The number of nitrogens with zero attached hydrogens (tertiary/aromatic N) is 2. The largest absolute Gasteiger partial charge is 0.495 e. The highest BCUT2D eigenvalue weighted by Gasteiger charge is 2.09. The van der Waals surface area contributed by atoms with Gasteiger partial charge in [0, 0.05) is 12.3 Å². The summed E-state index contributed by atoms with van der Waals surface area (Å²) in [5, 5.41) is 17.1. The van der Waals surface area contributed by atoms with E-state index in [-0.39, 0.29) is 29.4 Å². The lowest BCUT2D eigenvalue weighted by Crippen LogP contribution is -2.01. The molecule has 1 N–H and O–H groups in total. The monoisotopic (exact) mass is 214 g/mol. The maximum absolute atomic E-state index is 10.5. The van der Waals surface area contributed by atoms with E-state index >= 15 is 0 Å². The molecule has 0 aliphatic rings. The fourth-order valence-corrected chi connectivity index (χ4v) is 0.807. The number of carboxylic acids is 1. The number of aromatic carboxylic acids is 1. The quantitative estimate of drug-likeness (QED) is 0.797. The van der Waals surface area contributed by atoms with Crippen molar-refractivity contribution in [2.45, 2.75) is 0 Å². The van der Waals surface area contributed by atoms with Gasteiger partial charge >= 0.3 is 5.97 Å². The van der Waals surface area contributed by atoms with Gasteiger partial charge in [-0.2, -0.15) is 5.26 Å². The molecule has 0 atom stereocenters. The minimum Gasteiger partial charge on any atom is -0.495 e. The Morgan fingerprint density at radius 1 is 1.71 bits per heavy atom. The van der Waals surface area contributed by atoms with Gasteiger partial charge in [-0.1, -0.05) is 0 Å². The van der Waals surface area contributed by atoms with Gasteiger partial charge in [0.25, 0.3) is 0 Å². The number of ether oxygens (including phenoxy) is 1. The summed E-state index contributed by atoms with van der Waals surface area (Å²) < 4.78 is 4.80. The number of aromatic nitrogens is 1. The van der Waals surface area contributed by atoms with Gasteiger partial charge in [0.1, 0.15) is 17.4 Å². The van der Waals surface area contributed by atoms with Crippen LogP contribution < -0.4 is 4.74 Å². The van der Waals surface area contributed by atoms with E-state index in [1.165, 1.54) is 19.4 Å². The van der Waals surface area contributed by atoms with Crippen molar-refractivity contribution in [1.82, 2.24) is 4.98 Å². The highest BCUT2D eigenvalue weighted by atomic mass is 35.5. The van der Waals surface area contributed by atoms with E-state index in [1.54, 1.807) is 0 Å². The third-order valence-electron chi connectivity index (χ3n) is 1.43. The van der Waals surface area contributed by atoms with E-state index in [2.05, 4.69) is 4.98 Å². The highest BCUT2D eigenvalue weighted by molar-refractivity contribution is 5.86. The Hall–Kier alpha value is -1.80. The average molecular weight is 215 g/mol. The fourth-order valence-electron chi connectivity index (χ4n) is 0.807. The molecule has 0 bridgehead atoms. The first-order chi connectivity index (χ1) is 6.19. The number of carboxylic acid groups (broad SMARTS) is 1. The molecule has 1 aromatic heterocycles. The second kappa shape index (κ2) is 5.04. The molecule has 1 aromatic rings. The van der Waals surface area contributed by atoms with Crippen LogP contribution in [-0.4, -0.2) is 23.2 Å². The number of halogens is 1. The zero-order valence-electron chi connectivity index (χ0n) is 7.22. The Morgan fingerprint density at radius 2 is 2.36 bits per heavy atom. The molecular weight excluding hydrogens is 208 g/mol. The first-order valence-electron chi connectivity index (χ1n) is 3.36. The molecule has 6 heteroatoms. The summed E-state index contributed by atoms with van der Waals surface area (Å²) in [6.45, 7) is 0. The van der Waals surface area contributed by atoms with Gasteiger partial charge in [0.2, 0.25) is 0 Å². The van der Waals surface area contributed by atoms with E-state index in [4.69, 9.17) is 15.1 Å². The van der Waals surface area contributed by atoms with Crippen LogP contribution in [-0.2, 0) is 0 Å². The van der Waals surface area contributed by atoms with Gasteiger partial charge in [0.05, 0.1) is 7.11 Å². The van der Waals surface area contributed by atoms with Crippen molar-refractivity contribution in [3.8, 4) is 11.8 Å². The Kier molecular flexibility index (Phi) is 4.40. The van der Waals surface area contributed by atoms with Crippen LogP contribution in [0.15, 0.2) is 12.3 Å². The maximum atomic E-state index is 10.5. The molecule has 0 saturated heterocycles. The predicted octanol–water partition coefficient (Wildman–Crippen LogP) is 1.08. The number of carbonyl (C=O) groups is 1. The molecule has 0 aliphatic carbocycles.